The molecular weight excluding hydrogens is 341 g/mol. The van der Waals surface area contributed by atoms with Gasteiger partial charge >= 0.3 is 5.97 Å². The van der Waals surface area contributed by atoms with E-state index in [1.165, 1.54) is 0 Å². The summed E-state index contributed by atoms with van der Waals surface area (Å²) in [6, 6.07) is 13.4. The molecule has 25 heavy (non-hydrogen) atoms. The molecule has 0 saturated carbocycles. The van der Waals surface area contributed by atoms with Crippen LogP contribution in [0.25, 0.3) is 0 Å². The van der Waals surface area contributed by atoms with E-state index in [0.717, 1.165) is 0 Å². The van der Waals surface area contributed by atoms with Gasteiger partial charge in [0.1, 0.15) is 5.75 Å². The van der Waals surface area contributed by atoms with Crippen LogP contribution in [0.4, 0.5) is 0 Å². The Bertz CT molecular complexity index is 746. The number of carbonyl (C=O) groups excluding carboxylic acids is 2. The summed E-state index contributed by atoms with van der Waals surface area (Å²) in [6.07, 6.45) is -0.213. The lowest BCUT2D eigenvalue weighted by Crippen LogP contribution is -2.40. The molecule has 132 valence electrons. The highest BCUT2D eigenvalue weighted by atomic mass is 35.5. The van der Waals surface area contributed by atoms with Crippen LogP contribution in [0.1, 0.15) is 43.6 Å². The number of rotatable bonds is 6. The van der Waals surface area contributed by atoms with Crippen molar-refractivity contribution >= 4 is 23.4 Å². The summed E-state index contributed by atoms with van der Waals surface area (Å²) in [5.41, 5.74) is -0.0393. The van der Waals surface area contributed by atoms with Crippen LogP contribution < -0.4 is 4.74 Å². The molecular formula is C20H21ClO4. The largest absolute Gasteiger partial charge is 0.476 e. The maximum atomic E-state index is 12.4. The summed E-state index contributed by atoms with van der Waals surface area (Å²) in [6.45, 7) is 6.85. The molecule has 0 spiro atoms. The number of hydrogen-bond acceptors (Lipinski definition) is 4. The summed E-state index contributed by atoms with van der Waals surface area (Å²) >= 11 is 5.84. The second-order valence-electron chi connectivity index (χ2n) is 6.43. The predicted octanol–water partition coefficient (Wildman–Crippen LogP) is 4.68. The molecule has 0 atom stereocenters. The molecule has 0 saturated heterocycles. The number of hydrogen-bond donors (Lipinski definition) is 0. The van der Waals surface area contributed by atoms with Crippen molar-refractivity contribution < 1.29 is 19.1 Å². The molecule has 0 aliphatic heterocycles. The Labute approximate surface area is 152 Å². The lowest BCUT2D eigenvalue weighted by Gasteiger charge is -2.25. The molecule has 0 amide bonds. The van der Waals surface area contributed by atoms with Crippen LogP contribution in [0.15, 0.2) is 48.5 Å². The summed E-state index contributed by atoms with van der Waals surface area (Å²) in [5, 5.41) is 0.579. The van der Waals surface area contributed by atoms with Gasteiger partial charge in [0.2, 0.25) is 0 Å². The van der Waals surface area contributed by atoms with E-state index in [4.69, 9.17) is 21.1 Å². The fourth-order valence-electron chi connectivity index (χ4n) is 2.13. The second kappa shape index (κ2) is 7.70. The maximum absolute atomic E-state index is 12.4. The van der Waals surface area contributed by atoms with Gasteiger partial charge in [-0.1, -0.05) is 11.6 Å². The van der Waals surface area contributed by atoms with Gasteiger partial charge in [0.15, 0.2) is 11.4 Å². The molecule has 0 aliphatic carbocycles. The van der Waals surface area contributed by atoms with Crippen molar-refractivity contribution in [1.29, 1.82) is 0 Å². The first-order valence-corrected chi connectivity index (χ1v) is 8.37. The number of carbonyl (C=O) groups is 2. The zero-order valence-corrected chi connectivity index (χ0v) is 15.5. The summed E-state index contributed by atoms with van der Waals surface area (Å²) in [7, 11) is 0. The van der Waals surface area contributed by atoms with Gasteiger partial charge in [-0.2, -0.15) is 0 Å². The summed E-state index contributed by atoms with van der Waals surface area (Å²) in [4.78, 5) is 24.5. The van der Waals surface area contributed by atoms with Gasteiger partial charge in [0, 0.05) is 16.1 Å². The monoisotopic (exact) mass is 361 g/mol. The van der Waals surface area contributed by atoms with Crippen LogP contribution in [0.2, 0.25) is 5.02 Å². The number of ether oxygens (including phenoxy) is 2. The number of esters is 1. The molecule has 5 heteroatoms. The van der Waals surface area contributed by atoms with Crippen molar-refractivity contribution in [3.8, 4) is 5.75 Å². The summed E-state index contributed by atoms with van der Waals surface area (Å²) in [5.74, 6) is -0.0659. The first kappa shape index (κ1) is 19.0. The third-order valence-corrected chi connectivity index (χ3v) is 3.68. The Kier molecular flexibility index (Phi) is 5.85. The Morgan fingerprint density at radius 1 is 0.920 bits per heavy atom. The Morgan fingerprint density at radius 3 is 1.88 bits per heavy atom. The van der Waals surface area contributed by atoms with E-state index >= 15 is 0 Å². The lowest BCUT2D eigenvalue weighted by molar-refractivity contribution is -0.163. The van der Waals surface area contributed by atoms with Gasteiger partial charge in [0.05, 0.1) is 6.10 Å². The van der Waals surface area contributed by atoms with Crippen molar-refractivity contribution in [2.75, 3.05) is 0 Å². The molecule has 0 bridgehead atoms. The van der Waals surface area contributed by atoms with E-state index in [0.29, 0.717) is 21.9 Å². The molecule has 0 fully saturated rings. The van der Waals surface area contributed by atoms with Gasteiger partial charge in [-0.15, -0.1) is 0 Å². The molecule has 0 unspecified atom stereocenters. The average Bonchev–Trinajstić information content (AvgIpc) is 2.54. The highest BCUT2D eigenvalue weighted by molar-refractivity contribution is 6.30. The van der Waals surface area contributed by atoms with Crippen molar-refractivity contribution in [2.24, 2.45) is 0 Å². The standard InChI is InChI=1S/C20H21ClO4/c1-13(2)24-19(23)20(3,4)25-17-11-7-15(8-12-17)18(22)14-5-9-16(21)10-6-14/h5-13H,1-4H3/i18+1. The van der Waals surface area contributed by atoms with Crippen LogP contribution in [-0.2, 0) is 9.53 Å². The topological polar surface area (TPSA) is 52.6 Å². The average molecular weight is 362 g/mol. The number of halogens is 1. The smallest absolute Gasteiger partial charge is 0.350 e. The van der Waals surface area contributed by atoms with Gasteiger partial charge in [-0.25, -0.2) is 4.79 Å². The molecule has 0 N–H and O–H groups in total. The van der Waals surface area contributed by atoms with Crippen molar-refractivity contribution in [1.82, 2.24) is 0 Å². The van der Waals surface area contributed by atoms with E-state index in [-0.39, 0.29) is 11.9 Å². The Hall–Kier alpha value is -2.33. The Balaban J connectivity index is 2.10. The maximum Gasteiger partial charge on any atom is 0.350 e. The van der Waals surface area contributed by atoms with E-state index in [2.05, 4.69) is 0 Å². The van der Waals surface area contributed by atoms with Crippen molar-refractivity contribution in [2.45, 2.75) is 39.4 Å². The third-order valence-electron chi connectivity index (χ3n) is 3.43. The number of benzene rings is 2. The highest BCUT2D eigenvalue weighted by Gasteiger charge is 2.32. The van der Waals surface area contributed by atoms with Crippen molar-refractivity contribution in [3.05, 3.63) is 64.7 Å². The molecule has 2 aromatic carbocycles. The van der Waals surface area contributed by atoms with E-state index < -0.39 is 11.6 Å². The fourth-order valence-corrected chi connectivity index (χ4v) is 2.26. The molecule has 2 rings (SSSR count). The molecule has 0 heterocycles. The van der Waals surface area contributed by atoms with Crippen LogP contribution >= 0.6 is 11.6 Å². The van der Waals surface area contributed by atoms with Gasteiger partial charge in [-0.05, 0) is 76.2 Å². The first-order chi connectivity index (χ1) is 11.7. The molecule has 4 nitrogen and oxygen atoms in total. The lowest BCUT2D eigenvalue weighted by atomic mass is 10.1. The van der Waals surface area contributed by atoms with E-state index in [9.17, 15) is 9.59 Å². The minimum atomic E-state index is -1.12. The zero-order chi connectivity index (χ0) is 18.6. The van der Waals surface area contributed by atoms with Crippen LogP contribution in [0.3, 0.4) is 0 Å². The second-order valence-corrected chi connectivity index (χ2v) is 6.86. The number of ketones is 1. The molecule has 0 radical (unpaired) electrons. The minimum Gasteiger partial charge on any atom is -0.476 e. The quantitative estimate of drug-likeness (QED) is 0.426. The van der Waals surface area contributed by atoms with Gasteiger partial charge in [-0.3, -0.25) is 4.79 Å². The minimum absolute atomic E-state index is 0.110. The van der Waals surface area contributed by atoms with Gasteiger partial charge < -0.3 is 9.47 Å². The molecule has 0 aliphatic rings. The van der Waals surface area contributed by atoms with Crippen molar-refractivity contribution in [3.63, 3.8) is 0 Å². The first-order valence-electron chi connectivity index (χ1n) is 7.99. The fraction of sp³-hybridized carbons (Fsp3) is 0.300. The van der Waals surface area contributed by atoms with E-state index in [1.54, 1.807) is 76.2 Å². The van der Waals surface area contributed by atoms with Crippen LogP contribution in [0, 0.1) is 0 Å². The molecule has 0 aromatic heterocycles. The Morgan fingerprint density at radius 2 is 1.40 bits per heavy atom. The molecule has 2 aromatic rings. The summed E-state index contributed by atoms with van der Waals surface area (Å²) < 4.78 is 10.9. The third kappa shape index (κ3) is 5.07. The SMILES string of the molecule is CC(C)OC(=O)C(C)(C)Oc1ccc([13C](=O)c2ccc(Cl)cc2)cc1. The van der Waals surface area contributed by atoms with Gasteiger partial charge in [0.25, 0.3) is 0 Å². The predicted molar refractivity (Wildman–Crippen MR) is 97.3 cm³/mol. The highest BCUT2D eigenvalue weighted by Crippen LogP contribution is 2.22. The zero-order valence-electron chi connectivity index (χ0n) is 14.7. The van der Waals surface area contributed by atoms with Crippen LogP contribution in [0.5, 0.6) is 5.75 Å². The van der Waals surface area contributed by atoms with Crippen LogP contribution in [-0.4, -0.2) is 23.5 Å². The normalized spacial score (nSPS) is 11.3. The van der Waals surface area contributed by atoms with E-state index in [1.807, 2.05) is 0 Å².